The van der Waals surface area contributed by atoms with Crippen molar-refractivity contribution < 1.29 is 4.79 Å². The van der Waals surface area contributed by atoms with E-state index in [1.54, 1.807) is 18.2 Å². The number of nitrogens with zero attached hydrogens (tertiary/aromatic N) is 1. The molecule has 0 radical (unpaired) electrons. The largest absolute Gasteiger partial charge is 0.320 e. The third-order valence-electron chi connectivity index (χ3n) is 3.96. The number of rotatable bonds is 3. The Morgan fingerprint density at radius 3 is 2.46 bits per heavy atom. The van der Waals surface area contributed by atoms with Crippen LogP contribution in [0.2, 0.25) is 10.0 Å². The van der Waals surface area contributed by atoms with Gasteiger partial charge < -0.3 is 5.32 Å². The molecule has 1 amide bonds. The fourth-order valence-electron chi connectivity index (χ4n) is 2.69. The van der Waals surface area contributed by atoms with Gasteiger partial charge in [0.15, 0.2) is 0 Å². The standard InChI is InChI=1S/C19H16Cl2N2O/c1-3-12-10-13-6-4-9-16(18(13)22-11(12)2)23-19(24)17-14(20)7-5-8-15(17)21/h4-10H,3H2,1-2H3,(H,23,24). The smallest absolute Gasteiger partial charge is 0.258 e. The fraction of sp³-hybridized carbons (Fsp3) is 0.158. The van der Waals surface area contributed by atoms with Gasteiger partial charge in [0.25, 0.3) is 5.91 Å². The minimum atomic E-state index is -0.350. The van der Waals surface area contributed by atoms with Gasteiger partial charge in [-0.15, -0.1) is 0 Å². The van der Waals surface area contributed by atoms with Crippen LogP contribution < -0.4 is 5.32 Å². The van der Waals surface area contributed by atoms with Crippen molar-refractivity contribution in [1.82, 2.24) is 4.98 Å². The van der Waals surface area contributed by atoms with E-state index in [0.29, 0.717) is 15.7 Å². The summed E-state index contributed by atoms with van der Waals surface area (Å²) in [7, 11) is 0. The zero-order chi connectivity index (χ0) is 17.3. The Bertz CT molecular complexity index is 918. The van der Waals surface area contributed by atoms with Crippen molar-refractivity contribution in [3.8, 4) is 0 Å². The third kappa shape index (κ3) is 3.10. The number of pyridine rings is 1. The summed E-state index contributed by atoms with van der Waals surface area (Å²) in [6.45, 7) is 4.07. The number of fused-ring (bicyclic) bond motifs is 1. The zero-order valence-corrected chi connectivity index (χ0v) is 14.9. The van der Waals surface area contributed by atoms with Gasteiger partial charge in [-0.25, -0.2) is 0 Å². The van der Waals surface area contributed by atoms with Crippen LogP contribution in [-0.4, -0.2) is 10.9 Å². The van der Waals surface area contributed by atoms with Gasteiger partial charge in [-0.1, -0.05) is 48.3 Å². The number of benzene rings is 2. The second-order valence-electron chi connectivity index (χ2n) is 5.51. The number of amides is 1. The molecule has 3 nitrogen and oxygen atoms in total. The summed E-state index contributed by atoms with van der Waals surface area (Å²) < 4.78 is 0. The summed E-state index contributed by atoms with van der Waals surface area (Å²) in [6, 6.07) is 12.8. The van der Waals surface area contributed by atoms with Gasteiger partial charge >= 0.3 is 0 Å². The highest BCUT2D eigenvalue weighted by molar-refractivity contribution is 6.40. The summed E-state index contributed by atoms with van der Waals surface area (Å²) in [4.78, 5) is 17.3. The highest BCUT2D eigenvalue weighted by Crippen LogP contribution is 2.28. The highest BCUT2D eigenvalue weighted by Gasteiger charge is 2.16. The molecule has 0 unspecified atom stereocenters. The number of aromatic nitrogens is 1. The molecule has 0 atom stereocenters. The molecule has 3 rings (SSSR count). The molecule has 1 heterocycles. The molecule has 5 heteroatoms. The average molecular weight is 359 g/mol. The quantitative estimate of drug-likeness (QED) is 0.655. The number of carbonyl (C=O) groups excluding carboxylic acids is 1. The Hall–Kier alpha value is -2.10. The number of nitrogens with one attached hydrogen (secondary N) is 1. The molecule has 0 aliphatic heterocycles. The van der Waals surface area contributed by atoms with E-state index in [9.17, 15) is 4.79 Å². The van der Waals surface area contributed by atoms with Crippen molar-refractivity contribution in [2.75, 3.05) is 5.32 Å². The van der Waals surface area contributed by atoms with Crippen LogP contribution in [0.15, 0.2) is 42.5 Å². The van der Waals surface area contributed by atoms with Crippen LogP contribution in [-0.2, 0) is 6.42 Å². The first-order chi connectivity index (χ1) is 11.5. The lowest BCUT2D eigenvalue weighted by Gasteiger charge is -2.12. The van der Waals surface area contributed by atoms with E-state index in [4.69, 9.17) is 23.2 Å². The summed E-state index contributed by atoms with van der Waals surface area (Å²) in [5.74, 6) is -0.350. The van der Waals surface area contributed by atoms with Crippen LogP contribution in [0.5, 0.6) is 0 Å². The number of hydrogen-bond donors (Lipinski definition) is 1. The number of para-hydroxylation sites is 1. The van der Waals surface area contributed by atoms with Gasteiger partial charge in [-0.2, -0.15) is 0 Å². The van der Waals surface area contributed by atoms with E-state index in [0.717, 1.165) is 23.0 Å². The molecular weight excluding hydrogens is 343 g/mol. The molecule has 122 valence electrons. The van der Waals surface area contributed by atoms with Crippen molar-refractivity contribution in [3.63, 3.8) is 0 Å². The lowest BCUT2D eigenvalue weighted by atomic mass is 10.1. The molecule has 0 saturated carbocycles. The predicted octanol–water partition coefficient (Wildman–Crippen LogP) is 5.66. The van der Waals surface area contributed by atoms with Crippen LogP contribution in [0.25, 0.3) is 10.9 Å². The molecule has 0 bridgehead atoms. The lowest BCUT2D eigenvalue weighted by molar-refractivity contribution is 0.102. The van der Waals surface area contributed by atoms with E-state index in [2.05, 4.69) is 23.3 Å². The zero-order valence-electron chi connectivity index (χ0n) is 13.4. The van der Waals surface area contributed by atoms with Crippen molar-refractivity contribution in [2.24, 2.45) is 0 Å². The number of hydrogen-bond acceptors (Lipinski definition) is 2. The average Bonchev–Trinajstić information content (AvgIpc) is 2.54. The van der Waals surface area contributed by atoms with E-state index >= 15 is 0 Å². The summed E-state index contributed by atoms with van der Waals surface area (Å²) in [5, 5.41) is 4.50. The molecule has 0 aliphatic rings. The van der Waals surface area contributed by atoms with Crippen LogP contribution >= 0.6 is 23.2 Å². The molecule has 0 fully saturated rings. The maximum absolute atomic E-state index is 12.6. The first-order valence-corrected chi connectivity index (χ1v) is 8.41. The fourth-order valence-corrected chi connectivity index (χ4v) is 3.26. The van der Waals surface area contributed by atoms with Gasteiger partial charge in [0.2, 0.25) is 0 Å². The maximum Gasteiger partial charge on any atom is 0.258 e. The van der Waals surface area contributed by atoms with Crippen molar-refractivity contribution in [1.29, 1.82) is 0 Å². The predicted molar refractivity (Wildman–Crippen MR) is 100 cm³/mol. The number of anilines is 1. The molecular formula is C19H16Cl2N2O. The SMILES string of the molecule is CCc1cc2cccc(NC(=O)c3c(Cl)cccc3Cl)c2nc1C. The third-order valence-corrected chi connectivity index (χ3v) is 4.59. The van der Waals surface area contributed by atoms with E-state index in [1.165, 1.54) is 5.56 Å². The van der Waals surface area contributed by atoms with Crippen LogP contribution in [0.1, 0.15) is 28.5 Å². The van der Waals surface area contributed by atoms with Crippen molar-refractivity contribution in [3.05, 3.63) is 69.3 Å². The van der Waals surface area contributed by atoms with Gasteiger partial charge in [-0.3, -0.25) is 9.78 Å². The molecule has 0 aliphatic carbocycles. The number of aryl methyl sites for hydroxylation is 2. The minimum Gasteiger partial charge on any atom is -0.320 e. The Morgan fingerprint density at radius 1 is 1.12 bits per heavy atom. The molecule has 1 aromatic heterocycles. The van der Waals surface area contributed by atoms with Gasteiger partial charge in [0, 0.05) is 11.1 Å². The Labute approximate surface area is 150 Å². The summed E-state index contributed by atoms with van der Waals surface area (Å²) >= 11 is 12.2. The van der Waals surface area contributed by atoms with E-state index in [-0.39, 0.29) is 11.5 Å². The Morgan fingerprint density at radius 2 is 1.79 bits per heavy atom. The van der Waals surface area contributed by atoms with Gasteiger partial charge in [0.05, 0.1) is 26.8 Å². The topological polar surface area (TPSA) is 42.0 Å². The summed E-state index contributed by atoms with van der Waals surface area (Å²) in [5.41, 5.74) is 3.81. The van der Waals surface area contributed by atoms with Crippen LogP contribution in [0.4, 0.5) is 5.69 Å². The molecule has 0 saturated heterocycles. The lowest BCUT2D eigenvalue weighted by Crippen LogP contribution is -2.13. The summed E-state index contributed by atoms with van der Waals surface area (Å²) in [6.07, 6.45) is 0.917. The number of carbonyl (C=O) groups is 1. The van der Waals surface area contributed by atoms with Gasteiger partial charge in [-0.05, 0) is 43.2 Å². The van der Waals surface area contributed by atoms with E-state index in [1.807, 2.05) is 25.1 Å². The van der Waals surface area contributed by atoms with E-state index < -0.39 is 0 Å². The normalized spacial score (nSPS) is 10.8. The maximum atomic E-state index is 12.6. The Balaban J connectivity index is 2.04. The minimum absolute atomic E-state index is 0.264. The molecule has 2 aromatic carbocycles. The first kappa shape index (κ1) is 16.7. The Kier molecular flexibility index (Phi) is 4.74. The first-order valence-electron chi connectivity index (χ1n) is 7.66. The second kappa shape index (κ2) is 6.80. The van der Waals surface area contributed by atoms with Gasteiger partial charge in [0.1, 0.15) is 0 Å². The molecule has 1 N–H and O–H groups in total. The molecule has 24 heavy (non-hydrogen) atoms. The molecule has 0 spiro atoms. The van der Waals surface area contributed by atoms with Crippen molar-refractivity contribution in [2.45, 2.75) is 20.3 Å². The second-order valence-corrected chi connectivity index (χ2v) is 6.33. The van der Waals surface area contributed by atoms with Crippen molar-refractivity contribution >= 4 is 45.7 Å². The monoisotopic (exact) mass is 358 g/mol. The molecule has 3 aromatic rings. The van der Waals surface area contributed by atoms with Crippen LogP contribution in [0, 0.1) is 6.92 Å². The number of halogens is 2. The van der Waals surface area contributed by atoms with Crippen LogP contribution in [0.3, 0.4) is 0 Å². The highest BCUT2D eigenvalue weighted by atomic mass is 35.5.